The van der Waals surface area contributed by atoms with E-state index < -0.39 is 60.0 Å². The van der Waals surface area contributed by atoms with Gasteiger partial charge < -0.3 is 10.4 Å². The first kappa shape index (κ1) is 30.1. The van der Waals surface area contributed by atoms with Gasteiger partial charge in [0.15, 0.2) is 19.7 Å². The molecule has 34 heavy (non-hydrogen) atoms. The number of benzene rings is 2. The van der Waals surface area contributed by atoms with E-state index >= 15 is 0 Å². The van der Waals surface area contributed by atoms with Gasteiger partial charge in [-0.3, -0.25) is 0 Å². The fourth-order valence-electron chi connectivity index (χ4n) is 2.42. The van der Waals surface area contributed by atoms with Gasteiger partial charge in [0, 0.05) is 0 Å². The van der Waals surface area contributed by atoms with Crippen LogP contribution in [-0.2, 0) is 39.7 Å². The number of hydrogen-bond donors (Lipinski definition) is 4. The smallest absolute Gasteiger partial charge is 0.263 e. The van der Waals surface area contributed by atoms with Crippen molar-refractivity contribution in [1.29, 1.82) is 0 Å². The van der Waals surface area contributed by atoms with E-state index in [1.807, 2.05) is 0 Å². The van der Waals surface area contributed by atoms with Gasteiger partial charge in [-0.25, -0.2) is 33.7 Å². The molecule has 0 bridgehead atoms. The highest BCUT2D eigenvalue weighted by atomic mass is 32.2. The van der Waals surface area contributed by atoms with Crippen molar-refractivity contribution in [1.82, 2.24) is 9.77 Å². The molecule has 0 amide bonds. The first-order chi connectivity index (χ1) is 15.5. The molecule has 2 aromatic carbocycles. The molecule has 192 valence electrons. The van der Waals surface area contributed by atoms with Gasteiger partial charge in [-0.2, -0.15) is 0 Å². The minimum Gasteiger partial charge on any atom is -0.302 e. The number of sulfonamides is 2. The molecule has 0 radical (unpaired) electrons. The first-order valence-corrected chi connectivity index (χ1v) is 15.5. The Hall–Kier alpha value is -1.92. The van der Waals surface area contributed by atoms with Crippen LogP contribution in [0.15, 0.2) is 68.1 Å². The summed E-state index contributed by atoms with van der Waals surface area (Å²) in [6.07, 6.45) is 0. The second kappa shape index (κ2) is 11.2. The third-order valence-corrected chi connectivity index (χ3v) is 11.4. The second-order valence-electron chi connectivity index (χ2n) is 7.27. The molecule has 0 spiro atoms. The zero-order valence-electron chi connectivity index (χ0n) is 18.6. The van der Waals surface area contributed by atoms with Gasteiger partial charge in [0.05, 0.1) is 20.3 Å². The molecule has 0 aromatic heterocycles. The number of rotatable bonds is 8. The molecule has 0 unspecified atom stereocenters. The first-order valence-electron chi connectivity index (χ1n) is 9.44. The average Bonchev–Trinajstić information content (AvgIpc) is 2.79. The molecule has 0 heterocycles. The predicted molar refractivity (Wildman–Crippen MR) is 122 cm³/mol. The Labute approximate surface area is 199 Å². The van der Waals surface area contributed by atoms with Crippen LogP contribution in [0.3, 0.4) is 0 Å². The Kier molecular flexibility index (Phi) is 9.93. The van der Waals surface area contributed by atoms with Crippen LogP contribution in [0.2, 0.25) is 0 Å². The summed E-state index contributed by atoms with van der Waals surface area (Å²) < 4.78 is 93.6. The normalized spacial score (nSPS) is 12.9. The third kappa shape index (κ3) is 6.60. The average molecular weight is 559 g/mol. The van der Waals surface area contributed by atoms with E-state index in [0.29, 0.717) is 0 Å². The molecule has 16 heteroatoms. The topological polar surface area (TPSA) is 201 Å². The second-order valence-corrected chi connectivity index (χ2v) is 15.5. The van der Waals surface area contributed by atoms with Gasteiger partial charge in [0.25, 0.3) is 20.0 Å². The molecule has 0 saturated carbocycles. The monoisotopic (exact) mass is 558 g/mol. The van der Waals surface area contributed by atoms with Gasteiger partial charge in [-0.05, 0) is 52.0 Å². The van der Waals surface area contributed by atoms with Crippen molar-refractivity contribution in [2.24, 2.45) is 0 Å². The van der Waals surface area contributed by atoms with Crippen molar-refractivity contribution >= 4 is 39.7 Å². The maximum Gasteiger partial charge on any atom is 0.263 e. The standard InChI is InChI=1S/2C9H13NO5S2/c2*1-7(2)16(12,13)8-5-3-4-6-9(8)17(14,15)10-11/h2*3-7,10-11H,1-2H3. The van der Waals surface area contributed by atoms with Crippen molar-refractivity contribution in [3.8, 4) is 0 Å². The van der Waals surface area contributed by atoms with Gasteiger partial charge in [0.2, 0.25) is 0 Å². The van der Waals surface area contributed by atoms with Crippen LogP contribution in [0.5, 0.6) is 0 Å². The van der Waals surface area contributed by atoms with E-state index in [9.17, 15) is 33.7 Å². The molecule has 2 rings (SSSR count). The summed E-state index contributed by atoms with van der Waals surface area (Å²) in [4.78, 5) is 0.665. The maximum absolute atomic E-state index is 11.9. The quantitative estimate of drug-likeness (QED) is 0.340. The summed E-state index contributed by atoms with van der Waals surface area (Å²) in [5, 5.41) is 15.6. The lowest BCUT2D eigenvalue weighted by molar-refractivity contribution is 0.242. The van der Waals surface area contributed by atoms with Crippen molar-refractivity contribution in [3.63, 3.8) is 0 Å². The molecule has 0 atom stereocenters. The van der Waals surface area contributed by atoms with Crippen LogP contribution < -0.4 is 9.77 Å². The summed E-state index contributed by atoms with van der Waals surface area (Å²) >= 11 is 0. The molecular formula is C18H26N2O10S4. The Morgan fingerprint density at radius 1 is 0.529 bits per heavy atom. The van der Waals surface area contributed by atoms with Crippen LogP contribution in [0.25, 0.3) is 0 Å². The Morgan fingerprint density at radius 3 is 0.971 bits per heavy atom. The van der Waals surface area contributed by atoms with Crippen molar-refractivity contribution in [2.75, 3.05) is 0 Å². The highest BCUT2D eigenvalue weighted by Crippen LogP contribution is 2.25. The van der Waals surface area contributed by atoms with E-state index in [2.05, 4.69) is 0 Å². The highest BCUT2D eigenvalue weighted by molar-refractivity contribution is 7.94. The molecular weight excluding hydrogens is 532 g/mol. The van der Waals surface area contributed by atoms with E-state index in [1.54, 1.807) is 0 Å². The van der Waals surface area contributed by atoms with Crippen LogP contribution in [0.4, 0.5) is 0 Å². The number of nitrogens with one attached hydrogen (secondary N) is 2. The largest absolute Gasteiger partial charge is 0.302 e. The fraction of sp³-hybridized carbons (Fsp3) is 0.333. The maximum atomic E-state index is 11.9. The SMILES string of the molecule is CC(C)S(=O)(=O)c1ccccc1S(=O)(=O)NO.CC(C)S(=O)(=O)c1ccccc1S(=O)(=O)NO. The summed E-state index contributed by atoms with van der Waals surface area (Å²) in [5.74, 6) is 0. The minimum atomic E-state index is -4.22. The van der Waals surface area contributed by atoms with Gasteiger partial charge in [0.1, 0.15) is 9.79 Å². The van der Waals surface area contributed by atoms with Gasteiger partial charge >= 0.3 is 0 Å². The van der Waals surface area contributed by atoms with Gasteiger partial charge in [-0.1, -0.05) is 34.0 Å². The molecule has 12 nitrogen and oxygen atoms in total. The molecule has 0 fully saturated rings. The fourth-order valence-corrected chi connectivity index (χ4v) is 7.40. The summed E-state index contributed by atoms with van der Waals surface area (Å²) in [7, 11) is -15.9. The summed E-state index contributed by atoms with van der Waals surface area (Å²) in [6.45, 7) is 5.80. The molecule has 0 saturated heterocycles. The Bertz CT molecular complexity index is 1320. The predicted octanol–water partition coefficient (Wildman–Crippen LogP) is 1.07. The molecule has 2 aromatic rings. The van der Waals surface area contributed by atoms with E-state index in [4.69, 9.17) is 10.4 Å². The van der Waals surface area contributed by atoms with Crippen molar-refractivity contribution in [2.45, 2.75) is 57.8 Å². The van der Waals surface area contributed by atoms with E-state index in [0.717, 1.165) is 21.9 Å². The Balaban J connectivity index is 0.000000340. The lowest BCUT2D eigenvalue weighted by atomic mass is 10.4. The van der Waals surface area contributed by atoms with Crippen LogP contribution in [-0.4, -0.2) is 54.6 Å². The molecule has 0 aliphatic heterocycles. The number of hydrogen-bond acceptors (Lipinski definition) is 10. The molecule has 4 N–H and O–H groups in total. The van der Waals surface area contributed by atoms with Crippen molar-refractivity contribution in [3.05, 3.63) is 48.5 Å². The molecule has 0 aliphatic carbocycles. The Morgan fingerprint density at radius 2 is 0.765 bits per heavy atom. The van der Waals surface area contributed by atoms with Crippen molar-refractivity contribution < 1.29 is 44.1 Å². The zero-order chi connectivity index (χ0) is 26.5. The van der Waals surface area contributed by atoms with E-state index in [-0.39, 0.29) is 9.79 Å². The van der Waals surface area contributed by atoms with Crippen LogP contribution in [0.1, 0.15) is 27.7 Å². The highest BCUT2D eigenvalue weighted by Gasteiger charge is 2.29. The minimum absolute atomic E-state index is 0.323. The summed E-state index contributed by atoms with van der Waals surface area (Å²) in [6, 6.07) is 10.2. The van der Waals surface area contributed by atoms with Crippen LogP contribution in [0, 0.1) is 0 Å². The summed E-state index contributed by atoms with van der Waals surface area (Å²) in [5.41, 5.74) is 0. The number of sulfone groups is 2. The van der Waals surface area contributed by atoms with Gasteiger partial charge in [-0.15, -0.1) is 0 Å². The van der Waals surface area contributed by atoms with E-state index in [1.165, 1.54) is 64.1 Å². The lowest BCUT2D eigenvalue weighted by Gasteiger charge is -2.12. The molecule has 0 aliphatic rings. The third-order valence-electron chi connectivity index (χ3n) is 4.37. The van der Waals surface area contributed by atoms with Crippen LogP contribution >= 0.6 is 0 Å². The lowest BCUT2D eigenvalue weighted by Crippen LogP contribution is -2.24. The zero-order valence-corrected chi connectivity index (χ0v) is 21.8.